The molecule has 6 heteroatoms. The minimum absolute atomic E-state index is 0.0311. The van der Waals surface area contributed by atoms with Crippen LogP contribution >= 0.6 is 0 Å². The first-order chi connectivity index (χ1) is 11.7. The molecule has 2 aromatic carbocycles. The van der Waals surface area contributed by atoms with Crippen molar-refractivity contribution in [1.82, 2.24) is 4.98 Å². The Morgan fingerprint density at radius 3 is 2.92 bits per heavy atom. The van der Waals surface area contributed by atoms with Gasteiger partial charge in [0.25, 0.3) is 11.8 Å². The van der Waals surface area contributed by atoms with E-state index in [2.05, 4.69) is 15.6 Å². The Morgan fingerprint density at radius 1 is 1.12 bits per heavy atom. The van der Waals surface area contributed by atoms with Gasteiger partial charge in [0.15, 0.2) is 6.61 Å². The van der Waals surface area contributed by atoms with Gasteiger partial charge < -0.3 is 15.4 Å². The van der Waals surface area contributed by atoms with E-state index in [0.29, 0.717) is 22.8 Å². The molecule has 0 saturated heterocycles. The Hall–Kier alpha value is -3.41. The molecule has 0 spiro atoms. The number of ether oxygens (including phenoxy) is 1. The van der Waals surface area contributed by atoms with E-state index in [9.17, 15) is 9.59 Å². The number of nitrogens with zero attached hydrogens (tertiary/aromatic N) is 1. The quantitative estimate of drug-likeness (QED) is 0.761. The maximum Gasteiger partial charge on any atom is 0.274 e. The molecule has 0 radical (unpaired) electrons. The topological polar surface area (TPSA) is 80.3 Å². The van der Waals surface area contributed by atoms with Gasteiger partial charge >= 0.3 is 0 Å². The van der Waals surface area contributed by atoms with Gasteiger partial charge in [0.05, 0.1) is 11.2 Å². The molecule has 4 rings (SSSR count). The summed E-state index contributed by atoms with van der Waals surface area (Å²) in [6, 6.07) is 16.2. The average molecular weight is 319 g/mol. The number of carbonyl (C=O) groups is 2. The fourth-order valence-electron chi connectivity index (χ4n) is 2.54. The number of amides is 2. The van der Waals surface area contributed by atoms with Crippen LogP contribution in [0.5, 0.6) is 5.75 Å². The summed E-state index contributed by atoms with van der Waals surface area (Å²) in [5.41, 5.74) is 2.26. The van der Waals surface area contributed by atoms with E-state index in [-0.39, 0.29) is 18.4 Å². The van der Waals surface area contributed by atoms with Gasteiger partial charge in [0, 0.05) is 17.1 Å². The molecular weight excluding hydrogens is 306 g/mol. The van der Waals surface area contributed by atoms with Crippen LogP contribution in [0, 0.1) is 0 Å². The number of fused-ring (bicyclic) bond motifs is 2. The molecule has 0 aliphatic carbocycles. The minimum Gasteiger partial charge on any atom is -0.482 e. The Labute approximate surface area is 137 Å². The van der Waals surface area contributed by atoms with Crippen LogP contribution in [-0.2, 0) is 4.79 Å². The van der Waals surface area contributed by atoms with E-state index in [0.717, 1.165) is 10.9 Å². The molecule has 2 amide bonds. The number of hydrogen-bond acceptors (Lipinski definition) is 4. The molecule has 0 atom stereocenters. The predicted molar refractivity (Wildman–Crippen MR) is 90.3 cm³/mol. The molecule has 0 bridgehead atoms. The van der Waals surface area contributed by atoms with E-state index < -0.39 is 0 Å². The zero-order valence-electron chi connectivity index (χ0n) is 12.6. The third-order valence-corrected chi connectivity index (χ3v) is 3.70. The summed E-state index contributed by atoms with van der Waals surface area (Å²) in [6.45, 7) is -0.0311. The molecule has 0 fully saturated rings. The highest BCUT2D eigenvalue weighted by molar-refractivity contribution is 6.04. The monoisotopic (exact) mass is 319 g/mol. The second-order valence-electron chi connectivity index (χ2n) is 5.39. The second-order valence-corrected chi connectivity index (χ2v) is 5.39. The molecular formula is C18H13N3O3. The van der Waals surface area contributed by atoms with Crippen LogP contribution in [0.4, 0.5) is 11.4 Å². The van der Waals surface area contributed by atoms with Crippen LogP contribution in [0.1, 0.15) is 10.5 Å². The zero-order chi connectivity index (χ0) is 16.5. The second kappa shape index (κ2) is 5.66. The molecule has 2 N–H and O–H groups in total. The number of para-hydroxylation sites is 1. The van der Waals surface area contributed by atoms with E-state index in [1.807, 2.05) is 30.3 Å². The number of carbonyl (C=O) groups excluding carboxylic acids is 2. The molecule has 3 aromatic rings. The summed E-state index contributed by atoms with van der Waals surface area (Å²) in [4.78, 5) is 28.0. The van der Waals surface area contributed by atoms with Crippen molar-refractivity contribution in [2.75, 3.05) is 17.2 Å². The lowest BCUT2D eigenvalue weighted by molar-refractivity contribution is -0.118. The van der Waals surface area contributed by atoms with Gasteiger partial charge in [0.1, 0.15) is 11.4 Å². The Morgan fingerprint density at radius 2 is 2.00 bits per heavy atom. The first-order valence-electron chi connectivity index (χ1n) is 7.43. The van der Waals surface area contributed by atoms with Gasteiger partial charge in [-0.2, -0.15) is 0 Å². The lowest BCUT2D eigenvalue weighted by Crippen LogP contribution is -2.25. The van der Waals surface area contributed by atoms with Crippen molar-refractivity contribution in [3.8, 4) is 5.75 Å². The molecule has 1 aliphatic heterocycles. The van der Waals surface area contributed by atoms with Crippen molar-refractivity contribution in [3.63, 3.8) is 0 Å². The minimum atomic E-state index is -0.305. The van der Waals surface area contributed by atoms with Crippen LogP contribution in [0.15, 0.2) is 54.6 Å². The van der Waals surface area contributed by atoms with Crippen molar-refractivity contribution >= 4 is 34.1 Å². The summed E-state index contributed by atoms with van der Waals surface area (Å²) in [6.07, 6.45) is 0. The van der Waals surface area contributed by atoms with Crippen molar-refractivity contribution in [2.24, 2.45) is 0 Å². The van der Waals surface area contributed by atoms with Crippen LogP contribution in [0.2, 0.25) is 0 Å². The standard InChI is InChI=1S/C18H13N3O3/c22-17-10-24-16-9-12(6-8-14(16)21-17)19-18(23)15-7-5-11-3-1-2-4-13(11)20-15/h1-9H,10H2,(H,19,23)(H,21,22). The number of benzene rings is 2. The number of pyridine rings is 1. The van der Waals surface area contributed by atoms with Crippen molar-refractivity contribution < 1.29 is 14.3 Å². The first kappa shape index (κ1) is 14.2. The molecule has 6 nitrogen and oxygen atoms in total. The molecule has 1 aromatic heterocycles. The van der Waals surface area contributed by atoms with Crippen molar-refractivity contribution in [2.45, 2.75) is 0 Å². The van der Waals surface area contributed by atoms with Gasteiger partial charge in [-0.3, -0.25) is 9.59 Å². The molecule has 1 aliphatic rings. The number of nitrogens with one attached hydrogen (secondary N) is 2. The van der Waals surface area contributed by atoms with E-state index in [1.54, 1.807) is 24.3 Å². The van der Waals surface area contributed by atoms with Crippen molar-refractivity contribution in [1.29, 1.82) is 0 Å². The molecule has 118 valence electrons. The number of hydrogen-bond donors (Lipinski definition) is 2. The highest BCUT2D eigenvalue weighted by Gasteiger charge is 2.17. The zero-order valence-corrected chi connectivity index (χ0v) is 12.6. The third kappa shape index (κ3) is 2.65. The lowest BCUT2D eigenvalue weighted by Gasteiger charge is -2.18. The SMILES string of the molecule is O=C1COc2cc(NC(=O)c3ccc4ccccc4n3)ccc2N1. The van der Waals surface area contributed by atoms with Crippen LogP contribution < -0.4 is 15.4 Å². The first-order valence-corrected chi connectivity index (χ1v) is 7.43. The van der Waals surface area contributed by atoms with E-state index in [4.69, 9.17) is 4.74 Å². The highest BCUT2D eigenvalue weighted by atomic mass is 16.5. The predicted octanol–water partition coefficient (Wildman–Crippen LogP) is 2.82. The summed E-state index contributed by atoms with van der Waals surface area (Å²) < 4.78 is 5.34. The highest BCUT2D eigenvalue weighted by Crippen LogP contribution is 2.30. The average Bonchev–Trinajstić information content (AvgIpc) is 2.61. The van der Waals surface area contributed by atoms with Gasteiger partial charge in [-0.15, -0.1) is 0 Å². The fraction of sp³-hybridized carbons (Fsp3) is 0.0556. The smallest absolute Gasteiger partial charge is 0.274 e. The maximum absolute atomic E-state index is 12.4. The van der Waals surface area contributed by atoms with Gasteiger partial charge in [-0.25, -0.2) is 4.98 Å². The van der Waals surface area contributed by atoms with Crippen LogP contribution in [-0.4, -0.2) is 23.4 Å². The summed E-state index contributed by atoms with van der Waals surface area (Å²) >= 11 is 0. The van der Waals surface area contributed by atoms with Crippen LogP contribution in [0.25, 0.3) is 10.9 Å². The Balaban J connectivity index is 1.58. The Bertz CT molecular complexity index is 969. The van der Waals surface area contributed by atoms with E-state index >= 15 is 0 Å². The van der Waals surface area contributed by atoms with Crippen molar-refractivity contribution in [3.05, 3.63) is 60.3 Å². The molecule has 2 heterocycles. The molecule has 0 unspecified atom stereocenters. The summed E-state index contributed by atoms with van der Waals surface area (Å²) in [5.74, 6) is 0.0269. The number of rotatable bonds is 2. The fourth-order valence-corrected chi connectivity index (χ4v) is 2.54. The molecule has 0 saturated carbocycles. The van der Waals surface area contributed by atoms with Gasteiger partial charge in [0.2, 0.25) is 0 Å². The molecule has 24 heavy (non-hydrogen) atoms. The Kier molecular flexibility index (Phi) is 3.35. The maximum atomic E-state index is 12.4. The largest absolute Gasteiger partial charge is 0.482 e. The third-order valence-electron chi connectivity index (χ3n) is 3.70. The summed E-state index contributed by atoms with van der Waals surface area (Å²) in [7, 11) is 0. The normalized spacial score (nSPS) is 12.9. The van der Waals surface area contributed by atoms with Crippen LogP contribution in [0.3, 0.4) is 0 Å². The van der Waals surface area contributed by atoms with Gasteiger partial charge in [-0.1, -0.05) is 24.3 Å². The lowest BCUT2D eigenvalue weighted by atomic mass is 10.2. The van der Waals surface area contributed by atoms with Gasteiger partial charge in [-0.05, 0) is 24.3 Å². The number of anilines is 2. The number of aromatic nitrogens is 1. The summed E-state index contributed by atoms with van der Waals surface area (Å²) in [5, 5.41) is 6.47. The van der Waals surface area contributed by atoms with E-state index in [1.165, 1.54) is 0 Å².